The molecule has 1 aliphatic rings. The highest BCUT2D eigenvalue weighted by Gasteiger charge is 2.37. The lowest BCUT2D eigenvalue weighted by molar-refractivity contribution is -0.122. The van der Waals surface area contributed by atoms with Crippen molar-refractivity contribution in [1.29, 1.82) is 0 Å². The summed E-state index contributed by atoms with van der Waals surface area (Å²) in [6, 6.07) is 14.5. The van der Waals surface area contributed by atoms with Crippen molar-refractivity contribution in [2.45, 2.75) is 0 Å². The first-order valence-corrected chi connectivity index (χ1v) is 9.32. The van der Waals surface area contributed by atoms with Crippen molar-refractivity contribution in [1.82, 2.24) is 5.32 Å². The molecule has 1 aliphatic heterocycles. The van der Waals surface area contributed by atoms with Gasteiger partial charge in [-0.15, -0.1) is 0 Å². The maximum atomic E-state index is 12.9. The number of benzene rings is 2. The molecule has 2 N–H and O–H groups in total. The van der Waals surface area contributed by atoms with Gasteiger partial charge in [-0.05, 0) is 42.5 Å². The largest absolute Gasteiger partial charge is 0.478 e. The molecule has 8 nitrogen and oxygen atoms in total. The van der Waals surface area contributed by atoms with Crippen LogP contribution in [0, 0.1) is 0 Å². The number of aromatic carboxylic acids is 1. The molecular weight excluding hydrogens is 424 g/mol. The number of halogens is 1. The molecule has 154 valence electrons. The zero-order chi connectivity index (χ0) is 22.1. The van der Waals surface area contributed by atoms with E-state index in [-0.39, 0.29) is 28.3 Å². The number of barbiturate groups is 1. The fourth-order valence-electron chi connectivity index (χ4n) is 3.11. The summed E-state index contributed by atoms with van der Waals surface area (Å²) in [7, 11) is 0. The first-order chi connectivity index (χ1) is 14.8. The van der Waals surface area contributed by atoms with Crippen LogP contribution in [-0.4, -0.2) is 28.9 Å². The number of hydrogen-bond acceptors (Lipinski definition) is 5. The van der Waals surface area contributed by atoms with Crippen molar-refractivity contribution < 1.29 is 28.7 Å². The lowest BCUT2D eigenvalue weighted by Gasteiger charge is -2.26. The smallest absolute Gasteiger partial charge is 0.336 e. The molecule has 0 spiro atoms. The summed E-state index contributed by atoms with van der Waals surface area (Å²) in [5.74, 6) is -2.47. The second kappa shape index (κ2) is 7.92. The Bertz CT molecular complexity index is 1280. The van der Waals surface area contributed by atoms with Crippen molar-refractivity contribution in [3.05, 3.63) is 82.6 Å². The van der Waals surface area contributed by atoms with Gasteiger partial charge in [-0.2, -0.15) is 0 Å². The molecule has 31 heavy (non-hydrogen) atoms. The van der Waals surface area contributed by atoms with Gasteiger partial charge in [-0.1, -0.05) is 35.9 Å². The fourth-order valence-corrected chi connectivity index (χ4v) is 3.29. The van der Waals surface area contributed by atoms with Crippen LogP contribution in [0.2, 0.25) is 5.02 Å². The fraction of sp³-hybridized carbons (Fsp3) is 0. The Morgan fingerprint density at radius 2 is 1.81 bits per heavy atom. The van der Waals surface area contributed by atoms with E-state index in [4.69, 9.17) is 16.0 Å². The molecular formula is C22H13ClN2O6. The Hall–Kier alpha value is -4.17. The number of carbonyl (C=O) groups is 4. The molecule has 0 saturated carbocycles. The van der Waals surface area contributed by atoms with Crippen molar-refractivity contribution in [2.75, 3.05) is 4.90 Å². The predicted octanol–water partition coefficient (Wildman–Crippen LogP) is 3.96. The van der Waals surface area contributed by atoms with E-state index >= 15 is 0 Å². The third-order valence-electron chi connectivity index (χ3n) is 4.50. The van der Waals surface area contributed by atoms with E-state index in [2.05, 4.69) is 5.32 Å². The summed E-state index contributed by atoms with van der Waals surface area (Å²) in [4.78, 5) is 49.7. The summed E-state index contributed by atoms with van der Waals surface area (Å²) >= 11 is 5.94. The Balaban J connectivity index is 1.70. The minimum Gasteiger partial charge on any atom is -0.478 e. The SMILES string of the molecule is O=C1NC(=O)N(c2cccc(Cl)c2)C(=O)C1=Cc1ccc(-c2ccccc2C(=O)O)o1. The van der Waals surface area contributed by atoms with E-state index in [0.29, 0.717) is 10.6 Å². The minimum atomic E-state index is -1.12. The lowest BCUT2D eigenvalue weighted by Crippen LogP contribution is -2.54. The monoisotopic (exact) mass is 436 g/mol. The van der Waals surface area contributed by atoms with Crippen LogP contribution >= 0.6 is 11.6 Å². The number of carbonyl (C=O) groups excluding carboxylic acids is 3. The van der Waals surface area contributed by atoms with Crippen LogP contribution in [0.5, 0.6) is 0 Å². The van der Waals surface area contributed by atoms with Gasteiger partial charge in [0.25, 0.3) is 11.8 Å². The summed E-state index contributed by atoms with van der Waals surface area (Å²) in [5.41, 5.74) is 0.256. The number of carboxylic acids is 1. The Morgan fingerprint density at radius 1 is 1.03 bits per heavy atom. The van der Waals surface area contributed by atoms with Crippen molar-refractivity contribution in [2.24, 2.45) is 0 Å². The molecule has 1 aromatic heterocycles. The molecule has 0 radical (unpaired) electrons. The number of rotatable bonds is 4. The first-order valence-electron chi connectivity index (χ1n) is 8.94. The standard InChI is InChI=1S/C22H13ClN2O6/c23-12-4-3-5-13(10-12)25-20(27)17(19(26)24-22(25)30)11-14-8-9-18(31-14)15-6-1-2-7-16(15)21(28)29/h1-11H,(H,28,29)(H,24,26,30). The molecule has 9 heteroatoms. The Morgan fingerprint density at radius 3 is 2.55 bits per heavy atom. The van der Waals surface area contributed by atoms with Crippen molar-refractivity contribution >= 4 is 47.2 Å². The molecule has 0 aliphatic carbocycles. The number of nitrogens with zero attached hydrogens (tertiary/aromatic N) is 1. The highest BCUT2D eigenvalue weighted by atomic mass is 35.5. The van der Waals surface area contributed by atoms with Gasteiger partial charge in [0, 0.05) is 10.6 Å². The van der Waals surface area contributed by atoms with E-state index in [0.717, 1.165) is 4.90 Å². The number of imide groups is 2. The molecule has 0 bridgehead atoms. The third kappa shape index (κ3) is 3.84. The number of hydrogen-bond donors (Lipinski definition) is 2. The zero-order valence-electron chi connectivity index (χ0n) is 15.7. The normalized spacial score (nSPS) is 15.3. The quantitative estimate of drug-likeness (QED) is 0.472. The van der Waals surface area contributed by atoms with Gasteiger partial charge in [0.15, 0.2) is 0 Å². The molecule has 3 aromatic rings. The van der Waals surface area contributed by atoms with Crippen LogP contribution in [-0.2, 0) is 9.59 Å². The number of furan rings is 1. The number of anilines is 1. The Labute approximate surface area is 180 Å². The number of carboxylic acid groups (broad SMARTS) is 1. The molecule has 2 heterocycles. The number of amides is 4. The summed E-state index contributed by atoms with van der Waals surface area (Å²) in [6.45, 7) is 0. The second-order valence-electron chi connectivity index (χ2n) is 6.49. The highest BCUT2D eigenvalue weighted by Crippen LogP contribution is 2.28. The molecule has 1 fully saturated rings. The van der Waals surface area contributed by atoms with E-state index in [1.54, 1.807) is 30.3 Å². The topological polar surface area (TPSA) is 117 Å². The maximum Gasteiger partial charge on any atom is 0.336 e. The van der Waals surface area contributed by atoms with Crippen LogP contribution in [0.1, 0.15) is 16.1 Å². The third-order valence-corrected chi connectivity index (χ3v) is 4.74. The van der Waals surface area contributed by atoms with Gasteiger partial charge in [-0.25, -0.2) is 14.5 Å². The van der Waals surface area contributed by atoms with Gasteiger partial charge in [0.2, 0.25) is 0 Å². The molecule has 4 amide bonds. The number of nitrogens with one attached hydrogen (secondary N) is 1. The van der Waals surface area contributed by atoms with Gasteiger partial charge in [-0.3, -0.25) is 14.9 Å². The zero-order valence-corrected chi connectivity index (χ0v) is 16.4. The van der Waals surface area contributed by atoms with Crippen LogP contribution < -0.4 is 10.2 Å². The van der Waals surface area contributed by atoms with E-state index in [9.17, 15) is 24.3 Å². The van der Waals surface area contributed by atoms with Crippen LogP contribution in [0.4, 0.5) is 10.5 Å². The van der Waals surface area contributed by atoms with E-state index in [1.807, 2.05) is 0 Å². The molecule has 2 aromatic carbocycles. The molecule has 0 atom stereocenters. The van der Waals surface area contributed by atoms with Crippen LogP contribution in [0.25, 0.3) is 17.4 Å². The second-order valence-corrected chi connectivity index (χ2v) is 6.93. The summed E-state index contributed by atoms with van der Waals surface area (Å²) in [5, 5.41) is 11.8. The minimum absolute atomic E-state index is 0.0419. The highest BCUT2D eigenvalue weighted by molar-refractivity contribution is 6.39. The van der Waals surface area contributed by atoms with Gasteiger partial charge in [0.05, 0.1) is 11.3 Å². The first kappa shape index (κ1) is 20.1. The molecule has 0 unspecified atom stereocenters. The molecule has 4 rings (SSSR count). The average molecular weight is 437 g/mol. The van der Waals surface area contributed by atoms with Crippen LogP contribution in [0.15, 0.2) is 70.7 Å². The molecule has 1 saturated heterocycles. The maximum absolute atomic E-state index is 12.9. The van der Waals surface area contributed by atoms with Gasteiger partial charge < -0.3 is 9.52 Å². The lowest BCUT2D eigenvalue weighted by atomic mass is 10.1. The van der Waals surface area contributed by atoms with Gasteiger partial charge in [0.1, 0.15) is 17.1 Å². The number of urea groups is 1. The van der Waals surface area contributed by atoms with E-state index in [1.165, 1.54) is 36.4 Å². The van der Waals surface area contributed by atoms with Crippen LogP contribution in [0.3, 0.4) is 0 Å². The summed E-state index contributed by atoms with van der Waals surface area (Å²) in [6.07, 6.45) is 1.19. The van der Waals surface area contributed by atoms with Gasteiger partial charge >= 0.3 is 12.0 Å². The summed E-state index contributed by atoms with van der Waals surface area (Å²) < 4.78 is 5.65. The van der Waals surface area contributed by atoms with Crippen molar-refractivity contribution in [3.8, 4) is 11.3 Å². The Kier molecular flexibility index (Phi) is 5.14. The van der Waals surface area contributed by atoms with E-state index < -0.39 is 23.8 Å². The predicted molar refractivity (Wildman–Crippen MR) is 112 cm³/mol. The average Bonchev–Trinajstić information content (AvgIpc) is 3.19. The van der Waals surface area contributed by atoms with Crippen molar-refractivity contribution in [3.63, 3.8) is 0 Å².